The summed E-state index contributed by atoms with van der Waals surface area (Å²) in [4.78, 5) is 28.1. The number of hydrogen-bond acceptors (Lipinski definition) is 4. The maximum atomic E-state index is 13.7. The number of carbonyl (C=O) groups excluding carboxylic acids is 2. The first-order chi connectivity index (χ1) is 17.1. The number of nitrogens with zero attached hydrogens (tertiary/aromatic N) is 2. The van der Waals surface area contributed by atoms with Crippen molar-refractivity contribution in [3.05, 3.63) is 65.2 Å². The second kappa shape index (κ2) is 12.5. The third-order valence-electron chi connectivity index (χ3n) is 5.83. The Bertz CT molecular complexity index is 1210. The van der Waals surface area contributed by atoms with E-state index in [1.807, 2.05) is 58.9 Å². The predicted octanol–water partition coefficient (Wildman–Crippen LogP) is 4.54. The molecule has 0 heterocycles. The van der Waals surface area contributed by atoms with Gasteiger partial charge in [-0.1, -0.05) is 31.2 Å². The number of rotatable bonds is 11. The summed E-state index contributed by atoms with van der Waals surface area (Å²) in [5.41, 5.74) is 1.37. The van der Waals surface area contributed by atoms with Crippen LogP contribution in [0, 0.1) is 18.6 Å². The van der Waals surface area contributed by atoms with Crippen LogP contribution in [0.5, 0.6) is 0 Å². The minimum atomic E-state index is -3.82. The van der Waals surface area contributed by atoms with Gasteiger partial charge >= 0.3 is 0 Å². The van der Waals surface area contributed by atoms with Crippen LogP contribution in [-0.2, 0) is 26.2 Å². The zero-order valence-electron chi connectivity index (χ0n) is 22.3. The lowest BCUT2D eigenvalue weighted by molar-refractivity contribution is -0.142. The number of carbonyl (C=O) groups is 2. The summed E-state index contributed by atoms with van der Waals surface area (Å²) in [6, 6.07) is 9.72. The fraction of sp³-hybridized carbons (Fsp3) is 0.481. The van der Waals surface area contributed by atoms with Gasteiger partial charge in [-0.3, -0.25) is 13.9 Å². The number of aryl methyl sites for hydroxylation is 1. The van der Waals surface area contributed by atoms with Gasteiger partial charge in [0, 0.05) is 31.1 Å². The predicted molar refractivity (Wildman–Crippen MR) is 141 cm³/mol. The lowest BCUT2D eigenvalue weighted by Crippen LogP contribution is -2.53. The van der Waals surface area contributed by atoms with Crippen molar-refractivity contribution < 1.29 is 26.8 Å². The number of nitrogens with one attached hydrogen (secondary N) is 1. The van der Waals surface area contributed by atoms with Crippen LogP contribution in [0.2, 0.25) is 0 Å². The molecule has 0 spiro atoms. The summed E-state index contributed by atoms with van der Waals surface area (Å²) in [7, 11) is -3.82. The van der Waals surface area contributed by atoms with E-state index < -0.39 is 33.2 Å². The van der Waals surface area contributed by atoms with Crippen LogP contribution in [0.1, 0.15) is 58.1 Å². The van der Waals surface area contributed by atoms with Gasteiger partial charge in [-0.25, -0.2) is 17.2 Å². The van der Waals surface area contributed by atoms with Crippen molar-refractivity contribution in [1.29, 1.82) is 0 Å². The average molecular weight is 538 g/mol. The van der Waals surface area contributed by atoms with E-state index in [0.29, 0.717) is 6.42 Å². The van der Waals surface area contributed by atoms with E-state index in [1.165, 1.54) is 11.0 Å². The van der Waals surface area contributed by atoms with Gasteiger partial charge in [0.25, 0.3) is 0 Å². The molecular weight excluding hydrogens is 500 g/mol. The van der Waals surface area contributed by atoms with Gasteiger partial charge in [-0.05, 0) is 63.8 Å². The smallest absolute Gasteiger partial charge is 0.243 e. The van der Waals surface area contributed by atoms with E-state index in [1.54, 1.807) is 0 Å². The summed E-state index contributed by atoms with van der Waals surface area (Å²) in [6.07, 6.45) is 1.43. The van der Waals surface area contributed by atoms with Crippen molar-refractivity contribution in [1.82, 2.24) is 10.2 Å². The van der Waals surface area contributed by atoms with Gasteiger partial charge in [-0.2, -0.15) is 0 Å². The SMILES string of the molecule is CCC(C(=O)NC(C)(C)C)N(Cc1ccccc1C)C(=O)CCCN(c1ccc(F)c(F)c1)S(C)(=O)=O. The molecule has 2 aromatic carbocycles. The van der Waals surface area contributed by atoms with E-state index in [9.17, 15) is 26.8 Å². The molecule has 2 rings (SSSR count). The summed E-state index contributed by atoms with van der Waals surface area (Å²) in [5.74, 6) is -2.82. The molecule has 10 heteroatoms. The molecule has 0 aromatic heterocycles. The lowest BCUT2D eigenvalue weighted by Gasteiger charge is -2.33. The maximum Gasteiger partial charge on any atom is 0.243 e. The second-order valence-electron chi connectivity index (χ2n) is 10.1. The highest BCUT2D eigenvalue weighted by Gasteiger charge is 2.31. The first-order valence-electron chi connectivity index (χ1n) is 12.2. The van der Waals surface area contributed by atoms with Crippen LogP contribution in [0.15, 0.2) is 42.5 Å². The molecule has 1 unspecified atom stereocenters. The highest BCUT2D eigenvalue weighted by atomic mass is 32.2. The minimum absolute atomic E-state index is 0.0263. The van der Waals surface area contributed by atoms with Crippen LogP contribution in [-0.4, -0.2) is 49.5 Å². The third kappa shape index (κ3) is 8.80. The average Bonchev–Trinajstić information content (AvgIpc) is 2.77. The van der Waals surface area contributed by atoms with Gasteiger partial charge in [0.05, 0.1) is 11.9 Å². The molecule has 1 N–H and O–H groups in total. The summed E-state index contributed by atoms with van der Waals surface area (Å²) < 4.78 is 52.8. The summed E-state index contributed by atoms with van der Waals surface area (Å²) in [6.45, 7) is 9.47. The molecule has 0 aliphatic carbocycles. The first-order valence-corrected chi connectivity index (χ1v) is 14.1. The van der Waals surface area contributed by atoms with E-state index in [4.69, 9.17) is 0 Å². The highest BCUT2D eigenvalue weighted by molar-refractivity contribution is 7.92. The van der Waals surface area contributed by atoms with Crippen molar-refractivity contribution in [2.24, 2.45) is 0 Å². The Hall–Kier alpha value is -3.01. The van der Waals surface area contributed by atoms with Crippen molar-refractivity contribution in [3.8, 4) is 0 Å². The Morgan fingerprint density at radius 1 is 1.05 bits per heavy atom. The Morgan fingerprint density at radius 2 is 1.70 bits per heavy atom. The van der Waals surface area contributed by atoms with Crippen LogP contribution in [0.4, 0.5) is 14.5 Å². The van der Waals surface area contributed by atoms with Gasteiger partial charge in [-0.15, -0.1) is 0 Å². The van der Waals surface area contributed by atoms with E-state index in [0.717, 1.165) is 33.8 Å². The normalized spacial score (nSPS) is 12.6. The molecule has 7 nitrogen and oxygen atoms in total. The minimum Gasteiger partial charge on any atom is -0.350 e. The van der Waals surface area contributed by atoms with E-state index >= 15 is 0 Å². The van der Waals surface area contributed by atoms with Crippen molar-refractivity contribution in [3.63, 3.8) is 0 Å². The molecular formula is C27H37F2N3O4S. The quantitative estimate of drug-likeness (QED) is 0.456. The monoisotopic (exact) mass is 537 g/mol. The number of amides is 2. The van der Waals surface area contributed by atoms with Crippen molar-refractivity contribution in [2.45, 2.75) is 72.0 Å². The zero-order valence-corrected chi connectivity index (χ0v) is 23.2. The van der Waals surface area contributed by atoms with E-state index in [2.05, 4.69) is 5.32 Å². The first kappa shape index (κ1) is 30.2. The van der Waals surface area contributed by atoms with Gasteiger partial charge in [0.1, 0.15) is 6.04 Å². The molecule has 1 atom stereocenters. The molecule has 2 amide bonds. The molecule has 0 saturated heterocycles. The summed E-state index contributed by atoms with van der Waals surface area (Å²) >= 11 is 0. The Kier molecular flexibility index (Phi) is 10.2. The fourth-order valence-electron chi connectivity index (χ4n) is 3.99. The van der Waals surface area contributed by atoms with Crippen molar-refractivity contribution >= 4 is 27.5 Å². The molecule has 2 aromatic rings. The zero-order chi connectivity index (χ0) is 28.0. The molecule has 0 fully saturated rings. The Balaban J connectivity index is 2.27. The molecule has 0 aliphatic heterocycles. The lowest BCUT2D eigenvalue weighted by atomic mass is 10.0. The van der Waals surface area contributed by atoms with Crippen LogP contribution in [0.25, 0.3) is 0 Å². The Labute approximate surface area is 218 Å². The summed E-state index contributed by atoms with van der Waals surface area (Å²) in [5, 5.41) is 2.94. The number of halogens is 2. The largest absolute Gasteiger partial charge is 0.350 e. The van der Waals surface area contributed by atoms with Gasteiger partial charge in [0.15, 0.2) is 11.6 Å². The number of anilines is 1. The number of hydrogen-bond donors (Lipinski definition) is 1. The van der Waals surface area contributed by atoms with Gasteiger partial charge in [0.2, 0.25) is 21.8 Å². The second-order valence-corrected chi connectivity index (χ2v) is 12.1. The highest BCUT2D eigenvalue weighted by Crippen LogP contribution is 2.22. The molecule has 0 saturated carbocycles. The van der Waals surface area contributed by atoms with Crippen molar-refractivity contribution in [2.75, 3.05) is 17.1 Å². The number of sulfonamides is 1. The standard InChI is InChI=1S/C27H37F2N3O4S/c1-7-24(26(34)30-27(3,4)5)31(18-20-12-9-8-11-19(20)2)25(33)13-10-16-32(37(6,35)36)21-14-15-22(28)23(29)17-21/h8-9,11-12,14-15,17,24H,7,10,13,16,18H2,1-6H3,(H,30,34). The topological polar surface area (TPSA) is 86.8 Å². The Morgan fingerprint density at radius 3 is 2.24 bits per heavy atom. The molecule has 0 aliphatic rings. The van der Waals surface area contributed by atoms with Gasteiger partial charge < -0.3 is 10.2 Å². The molecule has 0 bridgehead atoms. The molecule has 204 valence electrons. The third-order valence-corrected chi connectivity index (χ3v) is 7.02. The number of benzene rings is 2. The molecule has 0 radical (unpaired) electrons. The van der Waals surface area contributed by atoms with Crippen LogP contribution < -0.4 is 9.62 Å². The maximum absolute atomic E-state index is 13.7. The fourth-order valence-corrected chi connectivity index (χ4v) is 4.94. The van der Waals surface area contributed by atoms with E-state index in [-0.39, 0.29) is 43.4 Å². The van der Waals surface area contributed by atoms with Crippen LogP contribution >= 0.6 is 0 Å². The van der Waals surface area contributed by atoms with Crippen LogP contribution in [0.3, 0.4) is 0 Å². The molecule has 37 heavy (non-hydrogen) atoms.